The van der Waals surface area contributed by atoms with Gasteiger partial charge < -0.3 is 10.4 Å². The Morgan fingerprint density at radius 3 is 2.70 bits per heavy atom. The number of anilines is 1. The van der Waals surface area contributed by atoms with Gasteiger partial charge in [-0.05, 0) is 31.5 Å². The van der Waals surface area contributed by atoms with Crippen molar-refractivity contribution in [2.45, 2.75) is 25.3 Å². The minimum Gasteiger partial charge on any atom is -0.395 e. The predicted octanol–water partition coefficient (Wildman–Crippen LogP) is 1.75. The van der Waals surface area contributed by atoms with E-state index in [-0.39, 0.29) is 30.7 Å². The Morgan fingerprint density at radius 2 is 2.05 bits per heavy atom. The monoisotopic (exact) mass is 284 g/mol. The molecule has 1 fully saturated rings. The van der Waals surface area contributed by atoms with Crippen molar-refractivity contribution < 1.29 is 18.7 Å². The number of carbonyl (C=O) groups excluding carboxylic acids is 1. The standard InChI is InChI=1S/C14H18F2N2O2/c15-10-6-11(16)8-12(7-10)17-14(20)3-5-18-4-1-2-13(18)9-19/h6-8,13,19H,1-5,9H2,(H,17,20)/t13-/m1/s1. The molecule has 1 aliphatic heterocycles. The Bertz CT molecular complexity index is 462. The summed E-state index contributed by atoms with van der Waals surface area (Å²) in [6, 6.07) is 3.03. The van der Waals surface area contributed by atoms with Crippen LogP contribution < -0.4 is 5.32 Å². The van der Waals surface area contributed by atoms with E-state index in [2.05, 4.69) is 10.2 Å². The van der Waals surface area contributed by atoms with Gasteiger partial charge in [0.15, 0.2) is 0 Å². The fourth-order valence-electron chi connectivity index (χ4n) is 2.49. The van der Waals surface area contributed by atoms with Gasteiger partial charge in [0, 0.05) is 30.8 Å². The van der Waals surface area contributed by atoms with Gasteiger partial charge in [0.05, 0.1) is 6.61 Å². The second-order valence-corrected chi connectivity index (χ2v) is 4.97. The van der Waals surface area contributed by atoms with Gasteiger partial charge in [0.25, 0.3) is 0 Å². The van der Waals surface area contributed by atoms with Crippen LogP contribution in [-0.2, 0) is 4.79 Å². The van der Waals surface area contributed by atoms with Crippen LogP contribution in [0.2, 0.25) is 0 Å². The first-order valence-corrected chi connectivity index (χ1v) is 6.69. The third-order valence-electron chi connectivity index (χ3n) is 3.48. The van der Waals surface area contributed by atoms with Gasteiger partial charge in [-0.3, -0.25) is 9.69 Å². The summed E-state index contributed by atoms with van der Waals surface area (Å²) < 4.78 is 26.0. The van der Waals surface area contributed by atoms with Crippen molar-refractivity contribution in [1.29, 1.82) is 0 Å². The molecule has 2 rings (SSSR count). The van der Waals surface area contributed by atoms with E-state index in [9.17, 15) is 18.7 Å². The summed E-state index contributed by atoms with van der Waals surface area (Å²) in [7, 11) is 0. The Balaban J connectivity index is 1.83. The Hall–Kier alpha value is -1.53. The number of halogens is 2. The lowest BCUT2D eigenvalue weighted by atomic mass is 10.2. The van der Waals surface area contributed by atoms with Crippen molar-refractivity contribution in [2.24, 2.45) is 0 Å². The average molecular weight is 284 g/mol. The maximum Gasteiger partial charge on any atom is 0.225 e. The zero-order chi connectivity index (χ0) is 14.5. The highest BCUT2D eigenvalue weighted by molar-refractivity contribution is 5.90. The number of nitrogens with zero attached hydrogens (tertiary/aromatic N) is 1. The second kappa shape index (κ2) is 6.76. The van der Waals surface area contributed by atoms with Crippen LogP contribution in [0, 0.1) is 11.6 Å². The number of aliphatic hydroxyl groups excluding tert-OH is 1. The lowest BCUT2D eigenvalue weighted by Crippen LogP contribution is -2.34. The van der Waals surface area contributed by atoms with Gasteiger partial charge in [0.2, 0.25) is 5.91 Å². The van der Waals surface area contributed by atoms with Crippen LogP contribution in [0.15, 0.2) is 18.2 Å². The molecule has 0 aliphatic carbocycles. The topological polar surface area (TPSA) is 52.6 Å². The minimum atomic E-state index is -0.722. The van der Waals surface area contributed by atoms with Crippen molar-refractivity contribution in [3.05, 3.63) is 29.8 Å². The molecule has 2 N–H and O–H groups in total. The van der Waals surface area contributed by atoms with Crippen LogP contribution in [0.1, 0.15) is 19.3 Å². The Morgan fingerprint density at radius 1 is 1.35 bits per heavy atom. The fourth-order valence-corrected chi connectivity index (χ4v) is 2.49. The molecule has 4 nitrogen and oxygen atoms in total. The Labute approximate surface area is 116 Å². The molecule has 110 valence electrons. The molecule has 0 spiro atoms. The molecule has 0 saturated carbocycles. The summed E-state index contributed by atoms with van der Waals surface area (Å²) in [4.78, 5) is 13.8. The van der Waals surface area contributed by atoms with Gasteiger partial charge in [-0.25, -0.2) is 8.78 Å². The molecule has 1 aromatic rings. The molecule has 20 heavy (non-hydrogen) atoms. The van der Waals surface area contributed by atoms with Crippen LogP contribution >= 0.6 is 0 Å². The number of hydrogen-bond acceptors (Lipinski definition) is 3. The SMILES string of the molecule is O=C(CCN1CCC[C@@H]1CO)Nc1cc(F)cc(F)c1. The maximum atomic E-state index is 13.0. The zero-order valence-corrected chi connectivity index (χ0v) is 11.1. The molecule has 0 unspecified atom stereocenters. The minimum absolute atomic E-state index is 0.0940. The van der Waals surface area contributed by atoms with Crippen LogP contribution in [0.5, 0.6) is 0 Å². The maximum absolute atomic E-state index is 13.0. The van der Waals surface area contributed by atoms with Gasteiger partial charge in [0.1, 0.15) is 11.6 Å². The summed E-state index contributed by atoms with van der Waals surface area (Å²) in [6.07, 6.45) is 2.18. The first-order valence-electron chi connectivity index (χ1n) is 6.69. The average Bonchev–Trinajstić information content (AvgIpc) is 2.82. The van der Waals surface area contributed by atoms with Crippen molar-refractivity contribution in [3.8, 4) is 0 Å². The summed E-state index contributed by atoms with van der Waals surface area (Å²) in [5.41, 5.74) is 0.118. The van der Waals surface area contributed by atoms with E-state index in [0.717, 1.165) is 37.6 Å². The van der Waals surface area contributed by atoms with Crippen molar-refractivity contribution in [3.63, 3.8) is 0 Å². The van der Waals surface area contributed by atoms with E-state index in [1.165, 1.54) is 0 Å². The molecular weight excluding hydrogens is 266 g/mol. The van der Waals surface area contributed by atoms with E-state index in [1.807, 2.05) is 0 Å². The number of amides is 1. The first-order chi connectivity index (χ1) is 9.58. The molecule has 1 aliphatic rings. The molecule has 1 saturated heterocycles. The number of benzene rings is 1. The summed E-state index contributed by atoms with van der Waals surface area (Å²) in [5, 5.41) is 11.6. The molecule has 0 aromatic heterocycles. The van der Waals surface area contributed by atoms with E-state index >= 15 is 0 Å². The second-order valence-electron chi connectivity index (χ2n) is 4.97. The summed E-state index contributed by atoms with van der Waals surface area (Å²) in [5.74, 6) is -1.74. The van der Waals surface area contributed by atoms with Gasteiger partial charge in [-0.2, -0.15) is 0 Å². The molecule has 0 bridgehead atoms. The van der Waals surface area contributed by atoms with Crippen molar-refractivity contribution >= 4 is 11.6 Å². The number of rotatable bonds is 5. The number of nitrogens with one attached hydrogen (secondary N) is 1. The lowest BCUT2D eigenvalue weighted by molar-refractivity contribution is -0.116. The van der Waals surface area contributed by atoms with Crippen molar-refractivity contribution in [2.75, 3.05) is 25.0 Å². The number of hydrogen-bond donors (Lipinski definition) is 2. The normalized spacial score (nSPS) is 19.2. The smallest absolute Gasteiger partial charge is 0.225 e. The summed E-state index contributed by atoms with van der Waals surface area (Å²) >= 11 is 0. The third-order valence-corrected chi connectivity index (χ3v) is 3.48. The predicted molar refractivity (Wildman–Crippen MR) is 71.3 cm³/mol. The highest BCUT2D eigenvalue weighted by Crippen LogP contribution is 2.17. The number of carbonyl (C=O) groups is 1. The van der Waals surface area contributed by atoms with E-state index < -0.39 is 11.6 Å². The van der Waals surface area contributed by atoms with Gasteiger partial charge in [-0.1, -0.05) is 0 Å². The lowest BCUT2D eigenvalue weighted by Gasteiger charge is -2.22. The third kappa shape index (κ3) is 3.98. The molecule has 6 heteroatoms. The van der Waals surface area contributed by atoms with Crippen LogP contribution in [-0.4, -0.2) is 41.7 Å². The Kier molecular flexibility index (Phi) is 5.03. The molecular formula is C14H18F2N2O2. The van der Waals surface area contributed by atoms with E-state index in [4.69, 9.17) is 0 Å². The van der Waals surface area contributed by atoms with Crippen molar-refractivity contribution in [1.82, 2.24) is 4.90 Å². The molecule has 1 heterocycles. The summed E-state index contributed by atoms with van der Waals surface area (Å²) in [6.45, 7) is 1.50. The highest BCUT2D eigenvalue weighted by Gasteiger charge is 2.23. The largest absolute Gasteiger partial charge is 0.395 e. The molecule has 1 atom stereocenters. The molecule has 0 radical (unpaired) electrons. The molecule has 1 aromatic carbocycles. The van der Waals surface area contributed by atoms with Gasteiger partial charge >= 0.3 is 0 Å². The van der Waals surface area contributed by atoms with Crippen LogP contribution in [0.3, 0.4) is 0 Å². The fraction of sp³-hybridized carbons (Fsp3) is 0.500. The highest BCUT2D eigenvalue weighted by atomic mass is 19.1. The number of aliphatic hydroxyl groups is 1. The zero-order valence-electron chi connectivity index (χ0n) is 11.1. The van der Waals surface area contributed by atoms with E-state index in [1.54, 1.807) is 0 Å². The number of likely N-dealkylation sites (tertiary alicyclic amines) is 1. The first kappa shape index (κ1) is 14.9. The van der Waals surface area contributed by atoms with E-state index in [0.29, 0.717) is 6.54 Å². The van der Waals surface area contributed by atoms with Crippen LogP contribution in [0.4, 0.5) is 14.5 Å². The molecule has 1 amide bonds. The van der Waals surface area contributed by atoms with Gasteiger partial charge in [-0.15, -0.1) is 0 Å². The quantitative estimate of drug-likeness (QED) is 0.866. The van der Waals surface area contributed by atoms with Crippen LogP contribution in [0.25, 0.3) is 0 Å².